The van der Waals surface area contributed by atoms with Gasteiger partial charge < -0.3 is 0 Å². The van der Waals surface area contributed by atoms with Crippen molar-refractivity contribution in [3.63, 3.8) is 0 Å². The summed E-state index contributed by atoms with van der Waals surface area (Å²) in [4.78, 5) is 0. The lowest BCUT2D eigenvalue weighted by atomic mass is 9.27. The van der Waals surface area contributed by atoms with Crippen LogP contribution in [0.4, 0.5) is 0 Å². The number of hydrogen-bond donors (Lipinski definition) is 0. The van der Waals surface area contributed by atoms with Crippen molar-refractivity contribution in [1.82, 2.24) is 0 Å². The van der Waals surface area contributed by atoms with Crippen molar-refractivity contribution in [2.24, 2.45) is 0 Å². The first kappa shape index (κ1) is 10.9. The van der Waals surface area contributed by atoms with Crippen LogP contribution in [-0.2, 0) is 0 Å². The zero-order valence-corrected chi connectivity index (χ0v) is 7.42. The van der Waals surface area contributed by atoms with Crippen molar-refractivity contribution in [3.8, 4) is 0 Å². The molecule has 1 aliphatic rings. The molecule has 0 heterocycles. The van der Waals surface area contributed by atoms with Gasteiger partial charge in [-0.1, -0.05) is 25.4 Å². The highest BCUT2D eigenvalue weighted by molar-refractivity contribution is 7.23. The van der Waals surface area contributed by atoms with Crippen LogP contribution < -0.4 is 0 Å². The van der Waals surface area contributed by atoms with Gasteiger partial charge in [0, 0.05) is 14.8 Å². The fourth-order valence-electron chi connectivity index (χ4n) is 0.896. The molecular formula is C8H15B3. The van der Waals surface area contributed by atoms with Gasteiger partial charge in [0.2, 0.25) is 0 Å². The monoisotopic (exact) mass is 144 g/mol. The fraction of sp³-hybridized carbons (Fsp3) is 0.750. The summed E-state index contributed by atoms with van der Waals surface area (Å²) < 4.78 is 0. The molecule has 0 atom stereocenters. The Morgan fingerprint density at radius 3 is 1.91 bits per heavy atom. The normalized spacial score (nSPS) is 14.6. The smallest absolute Gasteiger partial charge is 0.0541 e. The Kier molecular flexibility index (Phi) is 9.88. The first-order valence-corrected chi connectivity index (χ1v) is 4.43. The maximum absolute atomic E-state index is 4.96. The second-order valence-corrected chi connectivity index (χ2v) is 2.59. The highest BCUT2D eigenvalue weighted by Crippen LogP contribution is 2.07. The Morgan fingerprint density at radius 1 is 1.27 bits per heavy atom. The third-order valence-corrected chi connectivity index (χ3v) is 1.53. The molecule has 1 rings (SSSR count). The van der Waals surface area contributed by atoms with E-state index < -0.39 is 0 Å². The van der Waals surface area contributed by atoms with Crippen LogP contribution in [0.2, 0.25) is 6.32 Å². The topological polar surface area (TPSA) is 0 Å². The van der Waals surface area contributed by atoms with Gasteiger partial charge in [-0.05, 0) is 25.7 Å². The molecule has 0 saturated heterocycles. The number of rotatable bonds is 2. The quantitative estimate of drug-likeness (QED) is 0.410. The van der Waals surface area contributed by atoms with Gasteiger partial charge in [0.1, 0.15) is 0 Å². The van der Waals surface area contributed by atoms with Crippen LogP contribution >= 0.6 is 0 Å². The molecule has 3 heteroatoms. The SMILES string of the molecule is C1=CCCCC1.[B][B][B]CC. The Balaban J connectivity index is 0.000000187. The molecule has 0 saturated carbocycles. The lowest BCUT2D eigenvalue weighted by Crippen LogP contribution is -1.98. The van der Waals surface area contributed by atoms with Crippen LogP contribution in [0.15, 0.2) is 12.2 Å². The molecule has 0 aromatic carbocycles. The molecule has 56 valence electrons. The van der Waals surface area contributed by atoms with E-state index >= 15 is 0 Å². The average Bonchev–Trinajstić information content (AvgIpc) is 2.10. The molecule has 0 N–H and O–H groups in total. The Labute approximate surface area is 73.7 Å². The lowest BCUT2D eigenvalue weighted by Gasteiger charge is -1.97. The van der Waals surface area contributed by atoms with Gasteiger partial charge in [-0.3, -0.25) is 0 Å². The number of hydrogen-bond acceptors (Lipinski definition) is 0. The van der Waals surface area contributed by atoms with Gasteiger partial charge in [0.25, 0.3) is 0 Å². The van der Waals surface area contributed by atoms with E-state index in [1.165, 1.54) is 25.7 Å². The van der Waals surface area contributed by atoms with Crippen molar-refractivity contribution < 1.29 is 0 Å². The van der Waals surface area contributed by atoms with Crippen LogP contribution in [0.1, 0.15) is 32.6 Å². The summed E-state index contributed by atoms with van der Waals surface area (Å²) in [6.07, 6.45) is 11.0. The summed E-state index contributed by atoms with van der Waals surface area (Å²) in [5, 5.41) is 0. The van der Waals surface area contributed by atoms with Crippen molar-refractivity contribution in [1.29, 1.82) is 0 Å². The minimum atomic E-state index is 1.04. The molecule has 1 aliphatic carbocycles. The fourth-order valence-corrected chi connectivity index (χ4v) is 0.896. The molecular weight excluding hydrogens is 129 g/mol. The largest absolute Gasteiger partial charge is 0.0923 e. The zero-order valence-electron chi connectivity index (χ0n) is 7.42. The molecule has 0 bridgehead atoms. The van der Waals surface area contributed by atoms with Crippen LogP contribution in [-0.4, -0.2) is 22.0 Å². The Morgan fingerprint density at radius 2 is 1.82 bits per heavy atom. The summed E-state index contributed by atoms with van der Waals surface area (Å²) in [5.41, 5.74) is 0. The third-order valence-electron chi connectivity index (χ3n) is 1.53. The second kappa shape index (κ2) is 9.93. The molecule has 0 spiro atoms. The molecule has 0 aliphatic heterocycles. The predicted molar refractivity (Wildman–Crippen MR) is 55.4 cm³/mol. The summed E-state index contributed by atoms with van der Waals surface area (Å²) in [6.45, 7) is 2.04. The first-order valence-electron chi connectivity index (χ1n) is 4.43. The molecule has 0 nitrogen and oxygen atoms in total. The summed E-state index contributed by atoms with van der Waals surface area (Å²) >= 11 is 0. The standard InChI is InChI=1S/C6H10.C2H5B3/c1-2-4-6-5-3-1;1-2-4-5-3/h1-2H,3-6H2;2H2,1H3. The van der Waals surface area contributed by atoms with E-state index in [9.17, 15) is 0 Å². The van der Waals surface area contributed by atoms with Crippen LogP contribution in [0.5, 0.6) is 0 Å². The molecule has 0 unspecified atom stereocenters. The van der Waals surface area contributed by atoms with E-state index in [0.717, 1.165) is 6.32 Å². The molecule has 0 aromatic rings. The van der Waals surface area contributed by atoms with E-state index in [1.54, 1.807) is 7.06 Å². The Bertz CT molecular complexity index is 81.3. The van der Waals surface area contributed by atoms with Crippen LogP contribution in [0, 0.1) is 0 Å². The van der Waals surface area contributed by atoms with Crippen molar-refractivity contribution in [2.45, 2.75) is 38.9 Å². The third kappa shape index (κ3) is 9.93. The molecule has 0 amide bonds. The van der Waals surface area contributed by atoms with E-state index in [1.807, 2.05) is 14.1 Å². The summed E-state index contributed by atoms with van der Waals surface area (Å²) in [6, 6.07) is 0. The van der Waals surface area contributed by atoms with Gasteiger partial charge in [-0.25, -0.2) is 0 Å². The van der Waals surface area contributed by atoms with Crippen molar-refractivity contribution in [2.75, 3.05) is 0 Å². The maximum Gasteiger partial charge on any atom is 0.0541 e. The molecule has 11 heavy (non-hydrogen) atoms. The molecule has 0 aromatic heterocycles. The van der Waals surface area contributed by atoms with Gasteiger partial charge in [0.05, 0.1) is 7.17 Å². The van der Waals surface area contributed by atoms with Crippen LogP contribution in [0.25, 0.3) is 0 Å². The highest BCUT2D eigenvalue weighted by atomic mass is 13.9. The first-order chi connectivity index (χ1) is 5.41. The second-order valence-electron chi connectivity index (χ2n) is 2.59. The Hall–Kier alpha value is -0.0652. The van der Waals surface area contributed by atoms with E-state index in [4.69, 9.17) is 7.74 Å². The summed E-state index contributed by atoms with van der Waals surface area (Å²) in [7, 11) is 8.42. The minimum Gasteiger partial charge on any atom is -0.0923 e. The van der Waals surface area contributed by atoms with Gasteiger partial charge >= 0.3 is 0 Å². The molecule has 0 fully saturated rings. The van der Waals surface area contributed by atoms with Crippen molar-refractivity contribution in [3.05, 3.63) is 12.2 Å². The van der Waals surface area contributed by atoms with Crippen molar-refractivity contribution >= 4 is 22.0 Å². The average molecular weight is 144 g/mol. The van der Waals surface area contributed by atoms with E-state index in [0.29, 0.717) is 0 Å². The van der Waals surface area contributed by atoms with Crippen LogP contribution in [0.3, 0.4) is 0 Å². The van der Waals surface area contributed by atoms with Gasteiger partial charge in [0.15, 0.2) is 0 Å². The van der Waals surface area contributed by atoms with Gasteiger partial charge in [-0.2, -0.15) is 0 Å². The van der Waals surface area contributed by atoms with E-state index in [2.05, 4.69) is 12.2 Å². The molecule has 4 radical (unpaired) electrons. The maximum atomic E-state index is 4.96. The predicted octanol–water partition coefficient (Wildman–Crippen LogP) is 1.95. The van der Waals surface area contributed by atoms with Gasteiger partial charge in [-0.15, -0.1) is 0 Å². The van der Waals surface area contributed by atoms with E-state index in [-0.39, 0.29) is 0 Å². The number of allylic oxidation sites excluding steroid dienone is 2. The zero-order chi connectivity index (χ0) is 8.36. The summed E-state index contributed by atoms with van der Waals surface area (Å²) in [5.74, 6) is 0. The highest BCUT2D eigenvalue weighted by Gasteiger charge is 1.87. The lowest BCUT2D eigenvalue weighted by molar-refractivity contribution is 0.730. The minimum absolute atomic E-state index is 1.04.